The van der Waals surface area contributed by atoms with Gasteiger partial charge < -0.3 is 0 Å². The molecule has 0 saturated heterocycles. The molecule has 0 aliphatic heterocycles. The summed E-state index contributed by atoms with van der Waals surface area (Å²) in [5.41, 5.74) is -0.717. The van der Waals surface area contributed by atoms with Crippen LogP contribution in [-0.4, -0.2) is 18.2 Å². The Morgan fingerprint density at radius 1 is 1.26 bits per heavy atom. The molecule has 1 aromatic carbocycles. The van der Waals surface area contributed by atoms with E-state index in [0.717, 1.165) is 12.1 Å². The van der Waals surface area contributed by atoms with Gasteiger partial charge in [-0.05, 0) is 32.0 Å². The highest BCUT2D eigenvalue weighted by Crippen LogP contribution is 2.36. The molecule has 2 rings (SSSR count). The van der Waals surface area contributed by atoms with Gasteiger partial charge in [-0.3, -0.25) is 9.40 Å². The van der Waals surface area contributed by atoms with Crippen LogP contribution in [-0.2, 0) is 23.2 Å². The fourth-order valence-electron chi connectivity index (χ4n) is 2.16. The SMILES string of the molecule is Cc1nn(C)c(C)c1S(=O)(=O)Nc1ccc(Cl)c(C(F)(F)F)c1. The third-order valence-corrected chi connectivity index (χ3v) is 5.20. The van der Waals surface area contributed by atoms with E-state index in [1.54, 1.807) is 14.0 Å². The van der Waals surface area contributed by atoms with Crippen LogP contribution in [0.3, 0.4) is 0 Å². The lowest BCUT2D eigenvalue weighted by Crippen LogP contribution is -2.16. The Labute approximate surface area is 136 Å². The molecule has 2 aromatic rings. The molecule has 23 heavy (non-hydrogen) atoms. The van der Waals surface area contributed by atoms with Crippen LogP contribution in [0.1, 0.15) is 17.0 Å². The third-order valence-electron chi connectivity index (χ3n) is 3.24. The zero-order chi connectivity index (χ0) is 17.6. The van der Waals surface area contributed by atoms with Gasteiger partial charge in [-0.2, -0.15) is 18.3 Å². The van der Waals surface area contributed by atoms with Crippen LogP contribution in [0.25, 0.3) is 0 Å². The summed E-state index contributed by atoms with van der Waals surface area (Å²) in [5.74, 6) is 0. The smallest absolute Gasteiger partial charge is 0.280 e. The highest BCUT2D eigenvalue weighted by Gasteiger charge is 2.34. The fourth-order valence-corrected chi connectivity index (χ4v) is 3.87. The van der Waals surface area contributed by atoms with Gasteiger partial charge in [0.2, 0.25) is 0 Å². The lowest BCUT2D eigenvalue weighted by atomic mass is 10.2. The number of nitrogens with one attached hydrogen (secondary N) is 1. The first kappa shape index (κ1) is 17.6. The summed E-state index contributed by atoms with van der Waals surface area (Å²) in [6.45, 7) is 3.06. The maximum atomic E-state index is 12.8. The maximum Gasteiger partial charge on any atom is 0.417 e. The zero-order valence-corrected chi connectivity index (χ0v) is 13.9. The molecule has 0 radical (unpaired) electrons. The Balaban J connectivity index is 2.46. The van der Waals surface area contributed by atoms with Crippen molar-refractivity contribution in [1.29, 1.82) is 0 Å². The molecule has 0 atom stereocenters. The average Bonchev–Trinajstić information content (AvgIpc) is 2.64. The second kappa shape index (κ2) is 5.72. The minimum Gasteiger partial charge on any atom is -0.280 e. The van der Waals surface area contributed by atoms with E-state index in [-0.39, 0.29) is 16.3 Å². The van der Waals surface area contributed by atoms with E-state index in [0.29, 0.717) is 11.8 Å². The Morgan fingerprint density at radius 3 is 2.35 bits per heavy atom. The molecule has 0 fully saturated rings. The monoisotopic (exact) mass is 367 g/mol. The van der Waals surface area contributed by atoms with Gasteiger partial charge in [0.05, 0.1) is 22.0 Å². The number of alkyl halides is 3. The molecule has 5 nitrogen and oxygen atoms in total. The Bertz CT molecular complexity index is 860. The molecule has 1 heterocycles. The highest BCUT2D eigenvalue weighted by atomic mass is 35.5. The summed E-state index contributed by atoms with van der Waals surface area (Å²) >= 11 is 5.51. The van der Waals surface area contributed by atoms with Gasteiger partial charge >= 0.3 is 6.18 Å². The third kappa shape index (κ3) is 3.45. The minimum absolute atomic E-state index is 0.0662. The molecule has 0 saturated carbocycles. The van der Waals surface area contributed by atoms with Crippen LogP contribution in [0.4, 0.5) is 18.9 Å². The van der Waals surface area contributed by atoms with Gasteiger partial charge in [-0.15, -0.1) is 0 Å². The number of anilines is 1. The number of aromatic nitrogens is 2. The van der Waals surface area contributed by atoms with Gasteiger partial charge in [0, 0.05) is 12.7 Å². The van der Waals surface area contributed by atoms with Crippen molar-refractivity contribution >= 4 is 27.3 Å². The molecule has 0 aliphatic carbocycles. The van der Waals surface area contributed by atoms with Crippen LogP contribution >= 0.6 is 11.6 Å². The van der Waals surface area contributed by atoms with Crippen LogP contribution in [0.5, 0.6) is 0 Å². The molecule has 0 bridgehead atoms. The summed E-state index contributed by atoms with van der Waals surface area (Å²) in [4.78, 5) is -0.0662. The quantitative estimate of drug-likeness (QED) is 0.902. The number of hydrogen-bond donors (Lipinski definition) is 1. The molecular weight excluding hydrogens is 355 g/mol. The molecule has 1 N–H and O–H groups in total. The van der Waals surface area contributed by atoms with Gasteiger partial charge in [0.1, 0.15) is 4.90 Å². The number of benzene rings is 1. The first-order valence-electron chi connectivity index (χ1n) is 6.33. The van der Waals surface area contributed by atoms with Crippen molar-refractivity contribution in [1.82, 2.24) is 9.78 Å². The predicted molar refractivity (Wildman–Crippen MR) is 79.9 cm³/mol. The molecular formula is C13H13ClF3N3O2S. The van der Waals surface area contributed by atoms with Gasteiger partial charge in [-0.1, -0.05) is 11.6 Å². The molecule has 0 amide bonds. The van der Waals surface area contributed by atoms with Crippen LogP contribution in [0.2, 0.25) is 5.02 Å². The van der Waals surface area contributed by atoms with Crippen molar-refractivity contribution in [3.63, 3.8) is 0 Å². The summed E-state index contributed by atoms with van der Waals surface area (Å²) in [7, 11) is -2.50. The van der Waals surface area contributed by atoms with E-state index < -0.39 is 26.8 Å². The van der Waals surface area contributed by atoms with Gasteiger partial charge in [-0.25, -0.2) is 8.42 Å². The van der Waals surface area contributed by atoms with Crippen LogP contribution in [0.15, 0.2) is 23.1 Å². The van der Waals surface area contributed by atoms with E-state index >= 15 is 0 Å². The van der Waals surface area contributed by atoms with Gasteiger partial charge in [0.15, 0.2) is 0 Å². The first-order valence-corrected chi connectivity index (χ1v) is 8.19. The summed E-state index contributed by atoms with van der Waals surface area (Å²) in [5, 5.41) is 3.48. The standard InChI is InChI=1S/C13H13ClF3N3O2S/c1-7-12(8(2)20(3)18-7)23(21,22)19-9-4-5-11(14)10(6-9)13(15,16)17/h4-6,19H,1-3H3. The summed E-state index contributed by atoms with van der Waals surface area (Å²) in [6.07, 6.45) is -4.68. The van der Waals surface area contributed by atoms with Crippen molar-refractivity contribution in [2.45, 2.75) is 24.9 Å². The van der Waals surface area contributed by atoms with Crippen molar-refractivity contribution in [3.05, 3.63) is 40.2 Å². The predicted octanol–water partition coefficient (Wildman–Crippen LogP) is 3.51. The molecule has 126 valence electrons. The number of aryl methyl sites for hydroxylation is 2. The van der Waals surface area contributed by atoms with Crippen LogP contribution < -0.4 is 4.72 Å². The van der Waals surface area contributed by atoms with E-state index in [4.69, 9.17) is 11.6 Å². The fraction of sp³-hybridized carbons (Fsp3) is 0.308. The van der Waals surface area contributed by atoms with E-state index in [9.17, 15) is 21.6 Å². The van der Waals surface area contributed by atoms with E-state index in [1.165, 1.54) is 11.6 Å². The topological polar surface area (TPSA) is 64.0 Å². The Kier molecular flexibility index (Phi) is 4.38. The highest BCUT2D eigenvalue weighted by molar-refractivity contribution is 7.92. The largest absolute Gasteiger partial charge is 0.417 e. The second-order valence-corrected chi connectivity index (χ2v) is 6.95. The number of hydrogen-bond acceptors (Lipinski definition) is 3. The number of sulfonamides is 1. The van der Waals surface area contributed by atoms with Crippen molar-refractivity contribution in [2.24, 2.45) is 7.05 Å². The second-order valence-electron chi connectivity index (χ2n) is 4.92. The molecule has 10 heteroatoms. The van der Waals surface area contributed by atoms with E-state index in [1.807, 2.05) is 0 Å². The van der Waals surface area contributed by atoms with Crippen molar-refractivity contribution in [2.75, 3.05) is 4.72 Å². The number of halogens is 4. The molecule has 0 aliphatic rings. The minimum atomic E-state index is -4.68. The average molecular weight is 368 g/mol. The zero-order valence-electron chi connectivity index (χ0n) is 12.4. The summed E-state index contributed by atoms with van der Waals surface area (Å²) < 4.78 is 66.9. The van der Waals surface area contributed by atoms with Crippen molar-refractivity contribution < 1.29 is 21.6 Å². The molecule has 1 aromatic heterocycles. The van der Waals surface area contributed by atoms with Crippen molar-refractivity contribution in [3.8, 4) is 0 Å². The van der Waals surface area contributed by atoms with Crippen LogP contribution in [0, 0.1) is 13.8 Å². The lowest BCUT2D eigenvalue weighted by Gasteiger charge is -2.13. The number of rotatable bonds is 3. The molecule has 0 spiro atoms. The normalized spacial score (nSPS) is 12.5. The molecule has 0 unspecified atom stereocenters. The maximum absolute atomic E-state index is 12.8. The summed E-state index contributed by atoms with van der Waals surface area (Å²) in [6, 6.07) is 2.81. The first-order chi connectivity index (χ1) is 10.4. The van der Waals surface area contributed by atoms with Gasteiger partial charge in [0.25, 0.3) is 10.0 Å². The Morgan fingerprint density at radius 2 is 1.87 bits per heavy atom. The number of nitrogens with zero attached hydrogens (tertiary/aromatic N) is 2. The Hall–Kier alpha value is -1.74. The lowest BCUT2D eigenvalue weighted by molar-refractivity contribution is -0.137. The van der Waals surface area contributed by atoms with E-state index in [2.05, 4.69) is 9.82 Å².